The van der Waals surface area contributed by atoms with Crippen LogP contribution in [0, 0.1) is 6.92 Å². The summed E-state index contributed by atoms with van der Waals surface area (Å²) in [6, 6.07) is 3.57. The first kappa shape index (κ1) is 13.3. The van der Waals surface area contributed by atoms with E-state index in [2.05, 4.69) is 9.71 Å². The zero-order valence-electron chi connectivity index (χ0n) is 9.11. The number of nitrogens with one attached hydrogen (secondary N) is 1. The van der Waals surface area contributed by atoms with Gasteiger partial charge < -0.3 is 0 Å². The largest absolute Gasteiger partial charge is 0.267 e. The van der Waals surface area contributed by atoms with Crippen molar-refractivity contribution in [3.63, 3.8) is 0 Å². The molecule has 0 atom stereocenters. The van der Waals surface area contributed by atoms with Gasteiger partial charge in [0.15, 0.2) is 0 Å². The van der Waals surface area contributed by atoms with Crippen LogP contribution in [0.2, 0.25) is 0 Å². The molecule has 0 amide bonds. The normalized spacial score (nSPS) is 11.4. The Balaban J connectivity index is 2.63. The van der Waals surface area contributed by atoms with Crippen LogP contribution in [0.15, 0.2) is 18.3 Å². The Hall–Kier alpha value is -0.810. The van der Waals surface area contributed by atoms with Gasteiger partial charge in [0.2, 0.25) is 10.0 Å². The van der Waals surface area contributed by atoms with Gasteiger partial charge >= 0.3 is 0 Å². The van der Waals surface area contributed by atoms with Gasteiger partial charge in [-0.15, -0.1) is 11.6 Å². The van der Waals surface area contributed by atoms with Crippen molar-refractivity contribution in [2.24, 2.45) is 0 Å². The number of unbranched alkanes of at least 4 members (excludes halogenated alkanes) is 1. The Bertz CT molecular complexity index is 434. The molecule has 1 rings (SSSR count). The standard InChI is InChI=1S/C10H15ClN2O2S/c1-9-5-4-7-12-10(9)13-16(14,15)8-3-2-6-11/h4-5,7H,2-3,6,8H2,1H3,(H,12,13). The lowest BCUT2D eigenvalue weighted by Gasteiger charge is -2.08. The van der Waals surface area contributed by atoms with E-state index in [9.17, 15) is 8.42 Å². The molecule has 0 saturated carbocycles. The first-order valence-corrected chi connectivity index (χ1v) is 7.22. The average Bonchev–Trinajstić information content (AvgIpc) is 2.21. The summed E-state index contributed by atoms with van der Waals surface area (Å²) in [6.45, 7) is 1.81. The average molecular weight is 263 g/mol. The van der Waals surface area contributed by atoms with Crippen LogP contribution < -0.4 is 4.72 Å². The highest BCUT2D eigenvalue weighted by Crippen LogP contribution is 2.12. The molecule has 0 aliphatic carbocycles. The molecule has 0 unspecified atom stereocenters. The summed E-state index contributed by atoms with van der Waals surface area (Å²) < 4.78 is 25.7. The molecule has 90 valence electrons. The molecule has 1 N–H and O–H groups in total. The van der Waals surface area contributed by atoms with Crippen LogP contribution >= 0.6 is 11.6 Å². The van der Waals surface area contributed by atoms with Crippen LogP contribution in [-0.2, 0) is 10.0 Å². The second-order valence-corrected chi connectivity index (χ2v) is 5.71. The number of hydrogen-bond donors (Lipinski definition) is 1. The van der Waals surface area contributed by atoms with Crippen molar-refractivity contribution in [2.45, 2.75) is 19.8 Å². The Labute approximate surface area is 101 Å². The van der Waals surface area contributed by atoms with Gasteiger partial charge in [-0.05, 0) is 31.4 Å². The summed E-state index contributed by atoms with van der Waals surface area (Å²) in [5.74, 6) is 0.960. The quantitative estimate of drug-likeness (QED) is 0.631. The summed E-state index contributed by atoms with van der Waals surface area (Å²) in [6.07, 6.45) is 2.82. The second kappa shape index (κ2) is 6.06. The third-order valence-corrected chi connectivity index (χ3v) is 3.66. The topological polar surface area (TPSA) is 59.1 Å². The fourth-order valence-corrected chi connectivity index (χ4v) is 2.56. The number of sulfonamides is 1. The molecule has 1 aromatic heterocycles. The number of pyridine rings is 1. The van der Waals surface area contributed by atoms with Gasteiger partial charge in [0.25, 0.3) is 0 Å². The molecule has 0 aliphatic rings. The molecule has 16 heavy (non-hydrogen) atoms. The van der Waals surface area contributed by atoms with Gasteiger partial charge in [0, 0.05) is 12.1 Å². The molecule has 0 fully saturated rings. The van der Waals surface area contributed by atoms with Crippen molar-refractivity contribution in [2.75, 3.05) is 16.4 Å². The summed E-state index contributed by atoms with van der Waals surface area (Å²) in [4.78, 5) is 3.98. The Kier molecular flexibility index (Phi) is 5.02. The van der Waals surface area contributed by atoms with E-state index >= 15 is 0 Å². The van der Waals surface area contributed by atoms with Gasteiger partial charge in [-0.2, -0.15) is 0 Å². The predicted octanol–water partition coefficient (Wildman–Crippen LogP) is 2.15. The lowest BCUT2D eigenvalue weighted by atomic mass is 10.3. The van der Waals surface area contributed by atoms with Crippen molar-refractivity contribution >= 4 is 27.4 Å². The van der Waals surface area contributed by atoms with Crippen LogP contribution in [-0.4, -0.2) is 25.0 Å². The minimum atomic E-state index is -3.30. The highest BCUT2D eigenvalue weighted by Gasteiger charge is 2.11. The molecule has 4 nitrogen and oxygen atoms in total. The van der Waals surface area contributed by atoms with Gasteiger partial charge in [-0.3, -0.25) is 4.72 Å². The molecule has 0 bridgehead atoms. The van der Waals surface area contributed by atoms with Gasteiger partial charge in [0.05, 0.1) is 5.75 Å². The number of aryl methyl sites for hydroxylation is 1. The third kappa shape index (κ3) is 4.37. The molecule has 0 spiro atoms. The Morgan fingerprint density at radius 1 is 1.44 bits per heavy atom. The fraction of sp³-hybridized carbons (Fsp3) is 0.500. The summed E-state index contributed by atoms with van der Waals surface area (Å²) in [5.41, 5.74) is 0.809. The second-order valence-electron chi connectivity index (χ2n) is 3.49. The zero-order chi connectivity index (χ0) is 12.0. The maximum absolute atomic E-state index is 11.6. The van der Waals surface area contributed by atoms with E-state index in [1.165, 1.54) is 0 Å². The van der Waals surface area contributed by atoms with Crippen molar-refractivity contribution in [3.05, 3.63) is 23.9 Å². The van der Waals surface area contributed by atoms with Crippen molar-refractivity contribution in [1.29, 1.82) is 0 Å². The number of hydrogen-bond acceptors (Lipinski definition) is 3. The van der Waals surface area contributed by atoms with E-state index in [1.54, 1.807) is 12.3 Å². The van der Waals surface area contributed by atoms with Crippen LogP contribution in [0.1, 0.15) is 18.4 Å². The molecule has 0 aliphatic heterocycles. The molecular formula is C10H15ClN2O2S. The van der Waals surface area contributed by atoms with Crippen LogP contribution in [0.5, 0.6) is 0 Å². The fourth-order valence-electron chi connectivity index (χ4n) is 1.18. The van der Waals surface area contributed by atoms with E-state index in [0.717, 1.165) is 5.56 Å². The first-order valence-electron chi connectivity index (χ1n) is 5.03. The molecule has 6 heteroatoms. The number of aromatic nitrogens is 1. The Morgan fingerprint density at radius 2 is 2.19 bits per heavy atom. The third-order valence-electron chi connectivity index (χ3n) is 2.06. The molecule has 0 saturated heterocycles. The molecule has 0 radical (unpaired) electrons. The minimum absolute atomic E-state index is 0.0791. The number of alkyl halides is 1. The summed E-state index contributed by atoms with van der Waals surface area (Å²) in [7, 11) is -3.30. The summed E-state index contributed by atoms with van der Waals surface area (Å²) in [5, 5.41) is 0. The van der Waals surface area contributed by atoms with E-state index in [4.69, 9.17) is 11.6 Å². The van der Waals surface area contributed by atoms with Crippen molar-refractivity contribution < 1.29 is 8.42 Å². The zero-order valence-corrected chi connectivity index (χ0v) is 10.7. The monoisotopic (exact) mass is 262 g/mol. The Morgan fingerprint density at radius 3 is 2.81 bits per heavy atom. The molecule has 1 heterocycles. The predicted molar refractivity (Wildman–Crippen MR) is 66.3 cm³/mol. The minimum Gasteiger partial charge on any atom is -0.267 e. The lowest BCUT2D eigenvalue weighted by molar-refractivity contribution is 0.597. The van der Waals surface area contributed by atoms with E-state index in [1.807, 2.05) is 13.0 Å². The smallest absolute Gasteiger partial charge is 0.233 e. The van der Waals surface area contributed by atoms with Crippen molar-refractivity contribution in [1.82, 2.24) is 4.98 Å². The summed E-state index contributed by atoms with van der Waals surface area (Å²) >= 11 is 5.49. The van der Waals surface area contributed by atoms with Gasteiger partial charge in [-0.1, -0.05) is 6.07 Å². The van der Waals surface area contributed by atoms with Gasteiger partial charge in [-0.25, -0.2) is 13.4 Å². The number of halogens is 1. The molecule has 0 aromatic carbocycles. The van der Waals surface area contributed by atoms with E-state index in [-0.39, 0.29) is 5.75 Å². The van der Waals surface area contributed by atoms with Gasteiger partial charge in [0.1, 0.15) is 5.82 Å². The van der Waals surface area contributed by atoms with Crippen LogP contribution in [0.25, 0.3) is 0 Å². The maximum atomic E-state index is 11.6. The highest BCUT2D eigenvalue weighted by atomic mass is 35.5. The number of rotatable bonds is 6. The molecular weight excluding hydrogens is 248 g/mol. The lowest BCUT2D eigenvalue weighted by Crippen LogP contribution is -2.18. The molecule has 1 aromatic rings. The van der Waals surface area contributed by atoms with Crippen LogP contribution in [0.4, 0.5) is 5.82 Å². The highest BCUT2D eigenvalue weighted by molar-refractivity contribution is 7.92. The van der Waals surface area contributed by atoms with E-state index < -0.39 is 10.0 Å². The van der Waals surface area contributed by atoms with Crippen LogP contribution in [0.3, 0.4) is 0 Å². The number of anilines is 1. The van der Waals surface area contributed by atoms with E-state index in [0.29, 0.717) is 24.5 Å². The SMILES string of the molecule is Cc1cccnc1NS(=O)(=O)CCCCCl. The maximum Gasteiger partial charge on any atom is 0.233 e. The number of nitrogens with zero attached hydrogens (tertiary/aromatic N) is 1. The first-order chi connectivity index (χ1) is 7.55. The van der Waals surface area contributed by atoms with Crippen molar-refractivity contribution in [3.8, 4) is 0 Å².